The summed E-state index contributed by atoms with van der Waals surface area (Å²) in [6, 6.07) is 4.19. The van der Waals surface area contributed by atoms with Crippen LogP contribution in [0.1, 0.15) is 37.3 Å². The van der Waals surface area contributed by atoms with Crippen molar-refractivity contribution in [2.45, 2.75) is 32.2 Å². The van der Waals surface area contributed by atoms with Crippen LogP contribution in [0, 0.1) is 23.7 Å². The lowest BCUT2D eigenvalue weighted by atomic mass is 9.85. The van der Waals surface area contributed by atoms with Gasteiger partial charge in [-0.3, -0.25) is 5.10 Å². The summed E-state index contributed by atoms with van der Waals surface area (Å²) in [6.45, 7) is 4.30. The third kappa shape index (κ3) is 4.03. The van der Waals surface area contributed by atoms with Gasteiger partial charge in [0, 0.05) is 30.3 Å². The van der Waals surface area contributed by atoms with E-state index in [-0.39, 0.29) is 6.04 Å². The number of anilines is 3. The minimum atomic E-state index is 0.237. The highest BCUT2D eigenvalue weighted by atomic mass is 16.5. The molecule has 2 atom stereocenters. The van der Waals surface area contributed by atoms with Crippen LogP contribution in [-0.2, 0) is 4.74 Å². The van der Waals surface area contributed by atoms with Gasteiger partial charge in [0.15, 0.2) is 0 Å². The van der Waals surface area contributed by atoms with Crippen molar-refractivity contribution in [2.24, 2.45) is 5.92 Å². The van der Waals surface area contributed by atoms with E-state index in [2.05, 4.69) is 45.4 Å². The Morgan fingerprint density at radius 1 is 1.48 bits per heavy atom. The third-order valence-corrected chi connectivity index (χ3v) is 5.60. The van der Waals surface area contributed by atoms with Gasteiger partial charge in [-0.1, -0.05) is 6.08 Å². The predicted molar refractivity (Wildman–Crippen MR) is 116 cm³/mol. The number of hydrogen-bond acceptors (Lipinski definition) is 6. The molecule has 2 aromatic heterocycles. The highest BCUT2D eigenvalue weighted by molar-refractivity contribution is 5.94. The van der Waals surface area contributed by atoms with E-state index in [1.54, 1.807) is 6.20 Å². The molecule has 2 aromatic rings. The Hall–Kier alpha value is -3.11. The second-order valence-corrected chi connectivity index (χ2v) is 7.51. The third-order valence-electron chi connectivity index (χ3n) is 5.60. The molecule has 0 spiro atoms. The molecular weight excluding hydrogens is 364 g/mol. The van der Waals surface area contributed by atoms with Gasteiger partial charge in [-0.15, -0.1) is 12.3 Å². The number of terminal acetylenes is 1. The van der Waals surface area contributed by atoms with E-state index in [0.717, 1.165) is 48.6 Å². The van der Waals surface area contributed by atoms with Crippen molar-refractivity contribution in [1.82, 2.24) is 15.2 Å². The number of aromatic nitrogens is 3. The lowest BCUT2D eigenvalue weighted by Gasteiger charge is -2.35. The number of allylic oxidation sites excluding steroid dienone is 2. The Morgan fingerprint density at radius 3 is 3.03 bits per heavy atom. The van der Waals surface area contributed by atoms with Crippen molar-refractivity contribution in [3.63, 3.8) is 0 Å². The maximum absolute atomic E-state index is 8.08. The number of nitrogens with zero attached hydrogens (tertiary/aromatic N) is 3. The lowest BCUT2D eigenvalue weighted by Crippen LogP contribution is -2.44. The molecular formula is C22H26N6O. The normalized spacial score (nSPS) is 21.9. The van der Waals surface area contributed by atoms with Crippen LogP contribution in [0.4, 0.5) is 17.5 Å². The van der Waals surface area contributed by atoms with Crippen molar-refractivity contribution in [3.8, 4) is 12.3 Å². The predicted octanol–water partition coefficient (Wildman–Crippen LogP) is 3.59. The van der Waals surface area contributed by atoms with Crippen LogP contribution >= 0.6 is 0 Å². The first kappa shape index (κ1) is 19.2. The van der Waals surface area contributed by atoms with Gasteiger partial charge >= 0.3 is 0 Å². The number of rotatable bonds is 5. The average molecular weight is 390 g/mol. The Bertz CT molecular complexity index is 943. The summed E-state index contributed by atoms with van der Waals surface area (Å²) < 4.78 is 5.60. The van der Waals surface area contributed by atoms with Gasteiger partial charge in [-0.05, 0) is 43.4 Å². The average Bonchev–Trinajstić information content (AvgIpc) is 3.27. The SMILES string of the molecule is C#CC1CC=C(c2cc(N3CCOC[C@H]3C)nc(Nc3ccn[nH]3)c2C=N)CC1. The van der Waals surface area contributed by atoms with E-state index in [4.69, 9.17) is 21.6 Å². The molecule has 1 aliphatic heterocycles. The van der Waals surface area contributed by atoms with Crippen LogP contribution < -0.4 is 10.2 Å². The Balaban J connectivity index is 1.79. The Morgan fingerprint density at radius 2 is 2.38 bits per heavy atom. The number of ether oxygens (including phenoxy) is 1. The molecule has 29 heavy (non-hydrogen) atoms. The Labute approximate surface area is 171 Å². The van der Waals surface area contributed by atoms with Crippen molar-refractivity contribution < 1.29 is 4.74 Å². The molecule has 7 nitrogen and oxygen atoms in total. The molecule has 150 valence electrons. The minimum Gasteiger partial charge on any atom is -0.377 e. The van der Waals surface area contributed by atoms with Crippen molar-refractivity contribution in [3.05, 3.63) is 35.5 Å². The van der Waals surface area contributed by atoms with E-state index in [1.807, 2.05) is 6.07 Å². The molecule has 2 aliphatic rings. The number of morpholine rings is 1. The van der Waals surface area contributed by atoms with Crippen molar-refractivity contribution in [1.29, 1.82) is 5.41 Å². The van der Waals surface area contributed by atoms with Gasteiger partial charge in [0.1, 0.15) is 17.5 Å². The molecule has 1 unspecified atom stereocenters. The van der Waals surface area contributed by atoms with Gasteiger partial charge < -0.3 is 20.4 Å². The molecule has 0 radical (unpaired) electrons. The summed E-state index contributed by atoms with van der Waals surface area (Å²) in [5.74, 6) is 5.44. The molecule has 0 aromatic carbocycles. The molecule has 7 heteroatoms. The summed E-state index contributed by atoms with van der Waals surface area (Å²) in [7, 11) is 0. The zero-order valence-electron chi connectivity index (χ0n) is 16.6. The van der Waals surface area contributed by atoms with Crippen LogP contribution in [0.5, 0.6) is 0 Å². The summed E-state index contributed by atoms with van der Waals surface area (Å²) in [6.07, 6.45) is 13.6. The summed E-state index contributed by atoms with van der Waals surface area (Å²) in [5.41, 5.74) is 3.04. The minimum absolute atomic E-state index is 0.237. The fraction of sp³-hybridized carbons (Fsp3) is 0.409. The van der Waals surface area contributed by atoms with Crippen molar-refractivity contribution in [2.75, 3.05) is 30.0 Å². The van der Waals surface area contributed by atoms with Crippen molar-refractivity contribution >= 4 is 29.2 Å². The molecule has 3 heterocycles. The summed E-state index contributed by atoms with van der Waals surface area (Å²) in [4.78, 5) is 7.15. The van der Waals surface area contributed by atoms with E-state index >= 15 is 0 Å². The Kier molecular flexibility index (Phi) is 5.63. The monoisotopic (exact) mass is 390 g/mol. The summed E-state index contributed by atoms with van der Waals surface area (Å²) >= 11 is 0. The number of pyridine rings is 1. The first-order valence-corrected chi connectivity index (χ1v) is 10.0. The molecule has 4 rings (SSSR count). The lowest BCUT2D eigenvalue weighted by molar-refractivity contribution is 0.0985. The maximum atomic E-state index is 8.08. The van der Waals surface area contributed by atoms with Crippen LogP contribution in [-0.4, -0.2) is 47.2 Å². The van der Waals surface area contributed by atoms with E-state index < -0.39 is 0 Å². The molecule has 1 aliphatic carbocycles. The zero-order chi connectivity index (χ0) is 20.2. The summed E-state index contributed by atoms with van der Waals surface area (Å²) in [5, 5.41) is 18.3. The first-order chi connectivity index (χ1) is 14.2. The molecule has 1 saturated heterocycles. The molecule has 0 bridgehead atoms. The smallest absolute Gasteiger partial charge is 0.143 e. The van der Waals surface area contributed by atoms with Crippen LogP contribution in [0.15, 0.2) is 24.4 Å². The highest BCUT2D eigenvalue weighted by Gasteiger charge is 2.24. The zero-order valence-corrected chi connectivity index (χ0v) is 16.6. The van der Waals surface area contributed by atoms with Crippen LogP contribution in [0.25, 0.3) is 5.57 Å². The van der Waals surface area contributed by atoms with E-state index in [1.165, 1.54) is 11.8 Å². The van der Waals surface area contributed by atoms with Crippen LogP contribution in [0.3, 0.4) is 0 Å². The first-order valence-electron chi connectivity index (χ1n) is 10.0. The van der Waals surface area contributed by atoms with Gasteiger partial charge in [0.2, 0.25) is 0 Å². The molecule has 0 amide bonds. The van der Waals surface area contributed by atoms with Gasteiger partial charge in [0.05, 0.1) is 25.5 Å². The molecule has 0 saturated carbocycles. The number of H-pyrrole nitrogens is 1. The fourth-order valence-electron chi connectivity index (χ4n) is 3.95. The van der Waals surface area contributed by atoms with Gasteiger partial charge in [-0.2, -0.15) is 5.10 Å². The van der Waals surface area contributed by atoms with Crippen LogP contribution in [0.2, 0.25) is 0 Å². The largest absolute Gasteiger partial charge is 0.377 e. The highest BCUT2D eigenvalue weighted by Crippen LogP contribution is 2.36. The standard InChI is InChI=1S/C22H26N6O/c1-3-16-4-6-17(7-5-16)18-12-21(28-10-11-29-14-15(28)2)26-22(19(18)13-23)25-20-8-9-24-27-20/h1,6,8-9,12-13,15-16,23H,4-5,7,10-11,14H2,2H3,(H2,24,25,26,27)/t15-,16?/m1/s1. The number of aromatic amines is 1. The maximum Gasteiger partial charge on any atom is 0.143 e. The quantitative estimate of drug-likeness (QED) is 0.536. The van der Waals surface area contributed by atoms with E-state index in [9.17, 15) is 0 Å². The van der Waals surface area contributed by atoms with E-state index in [0.29, 0.717) is 24.9 Å². The number of hydrogen-bond donors (Lipinski definition) is 3. The second-order valence-electron chi connectivity index (χ2n) is 7.51. The second kappa shape index (κ2) is 8.50. The topological polar surface area (TPSA) is 89.9 Å². The fourth-order valence-corrected chi connectivity index (χ4v) is 3.95. The molecule has 1 fully saturated rings. The number of nitrogens with one attached hydrogen (secondary N) is 3. The molecule has 3 N–H and O–H groups in total. The van der Waals surface area contributed by atoms with Gasteiger partial charge in [-0.25, -0.2) is 4.98 Å². The van der Waals surface area contributed by atoms with Gasteiger partial charge in [0.25, 0.3) is 0 Å².